The molecule has 16 heavy (non-hydrogen) atoms. The highest BCUT2D eigenvalue weighted by Gasteiger charge is 2.11. The van der Waals surface area contributed by atoms with Gasteiger partial charge in [-0.15, -0.1) is 0 Å². The van der Waals surface area contributed by atoms with Gasteiger partial charge < -0.3 is 10.1 Å². The lowest BCUT2D eigenvalue weighted by Gasteiger charge is -2.05. The summed E-state index contributed by atoms with van der Waals surface area (Å²) in [4.78, 5) is 24.3. The number of nitro groups is 1. The summed E-state index contributed by atoms with van der Waals surface area (Å²) in [6.45, 7) is -0.110. The molecule has 0 aliphatic carbocycles. The Morgan fingerprint density at radius 1 is 1.75 bits per heavy atom. The number of pyridine rings is 1. The topological polar surface area (TPSA) is 94.4 Å². The number of esters is 1. The fourth-order valence-corrected chi connectivity index (χ4v) is 1.11. The van der Waals surface area contributed by atoms with Crippen molar-refractivity contribution >= 4 is 29.1 Å². The van der Waals surface area contributed by atoms with E-state index in [0.717, 1.165) is 12.3 Å². The van der Waals surface area contributed by atoms with Gasteiger partial charge in [-0.1, -0.05) is 11.6 Å². The first-order valence-electron chi connectivity index (χ1n) is 4.15. The molecule has 0 atom stereocenters. The van der Waals surface area contributed by atoms with E-state index in [1.54, 1.807) is 0 Å². The van der Waals surface area contributed by atoms with E-state index in [4.69, 9.17) is 11.6 Å². The highest BCUT2D eigenvalue weighted by Crippen LogP contribution is 2.23. The molecule has 8 heteroatoms. The fraction of sp³-hybridized carbons (Fsp3) is 0.250. The van der Waals surface area contributed by atoms with Gasteiger partial charge in [-0.05, 0) is 0 Å². The van der Waals surface area contributed by atoms with Gasteiger partial charge in [0, 0.05) is 6.07 Å². The van der Waals surface area contributed by atoms with Crippen molar-refractivity contribution in [2.45, 2.75) is 0 Å². The van der Waals surface area contributed by atoms with Crippen molar-refractivity contribution in [2.75, 3.05) is 19.0 Å². The summed E-state index contributed by atoms with van der Waals surface area (Å²) in [5.41, 5.74) is -0.214. The predicted molar refractivity (Wildman–Crippen MR) is 56.4 cm³/mol. The van der Waals surface area contributed by atoms with Gasteiger partial charge in [-0.3, -0.25) is 14.9 Å². The Balaban J connectivity index is 2.75. The average Bonchev–Trinajstić information content (AvgIpc) is 2.26. The Morgan fingerprint density at radius 3 is 2.94 bits per heavy atom. The van der Waals surface area contributed by atoms with Gasteiger partial charge in [0.2, 0.25) is 0 Å². The molecule has 0 bridgehead atoms. The molecule has 0 aliphatic rings. The Labute approximate surface area is 95.5 Å². The second-order valence-corrected chi connectivity index (χ2v) is 3.12. The number of nitrogens with one attached hydrogen (secondary N) is 1. The van der Waals surface area contributed by atoms with Gasteiger partial charge in [0.15, 0.2) is 0 Å². The first-order chi connectivity index (χ1) is 7.54. The van der Waals surface area contributed by atoms with Crippen LogP contribution in [0.2, 0.25) is 5.02 Å². The normalized spacial score (nSPS) is 9.62. The van der Waals surface area contributed by atoms with Crippen LogP contribution in [-0.2, 0) is 9.53 Å². The minimum Gasteiger partial charge on any atom is -0.468 e. The lowest BCUT2D eigenvalue weighted by atomic mass is 10.4. The van der Waals surface area contributed by atoms with Crippen LogP contribution in [0.4, 0.5) is 11.5 Å². The summed E-state index contributed by atoms with van der Waals surface area (Å²) in [6, 6.07) is 1.15. The number of hydrogen-bond acceptors (Lipinski definition) is 6. The van der Waals surface area contributed by atoms with Crippen molar-refractivity contribution in [1.29, 1.82) is 0 Å². The van der Waals surface area contributed by atoms with Crippen molar-refractivity contribution in [3.05, 3.63) is 27.4 Å². The smallest absolute Gasteiger partial charge is 0.325 e. The lowest BCUT2D eigenvalue weighted by molar-refractivity contribution is -0.385. The minimum absolute atomic E-state index is 0.0677. The van der Waals surface area contributed by atoms with Gasteiger partial charge >= 0.3 is 5.97 Å². The molecule has 0 amide bonds. The van der Waals surface area contributed by atoms with Crippen LogP contribution in [-0.4, -0.2) is 29.5 Å². The van der Waals surface area contributed by atoms with E-state index < -0.39 is 10.9 Å². The molecule has 0 radical (unpaired) electrons. The molecule has 0 aromatic carbocycles. The summed E-state index contributed by atoms with van der Waals surface area (Å²) in [7, 11) is 1.24. The molecule has 0 aliphatic heterocycles. The zero-order valence-electron chi connectivity index (χ0n) is 8.27. The molecular formula is C8H8ClN3O4. The molecule has 0 saturated carbocycles. The third kappa shape index (κ3) is 3.06. The third-order valence-corrected chi connectivity index (χ3v) is 1.95. The zero-order valence-corrected chi connectivity index (χ0v) is 9.02. The van der Waals surface area contributed by atoms with E-state index in [9.17, 15) is 14.9 Å². The van der Waals surface area contributed by atoms with Crippen LogP contribution in [0.5, 0.6) is 0 Å². The maximum Gasteiger partial charge on any atom is 0.325 e. The molecule has 0 fully saturated rings. The van der Waals surface area contributed by atoms with Crippen molar-refractivity contribution in [2.24, 2.45) is 0 Å². The quantitative estimate of drug-likeness (QED) is 0.487. The SMILES string of the molecule is COC(=O)CNc1ncc([N+](=O)[O-])cc1Cl. The number of nitrogens with zero attached hydrogens (tertiary/aromatic N) is 2. The number of ether oxygens (including phenoxy) is 1. The Morgan fingerprint density at radius 2 is 2.44 bits per heavy atom. The number of hydrogen-bond donors (Lipinski definition) is 1. The maximum absolute atomic E-state index is 10.8. The summed E-state index contributed by atoms with van der Waals surface area (Å²) < 4.78 is 4.39. The van der Waals surface area contributed by atoms with Crippen LogP contribution in [0.1, 0.15) is 0 Å². The molecule has 1 N–H and O–H groups in total. The van der Waals surface area contributed by atoms with Crippen LogP contribution in [0.3, 0.4) is 0 Å². The van der Waals surface area contributed by atoms with E-state index in [-0.39, 0.29) is 23.1 Å². The van der Waals surface area contributed by atoms with Crippen LogP contribution in [0, 0.1) is 10.1 Å². The molecule has 86 valence electrons. The Bertz CT molecular complexity index is 424. The predicted octanol–water partition coefficient (Wildman–Crippen LogP) is 1.23. The average molecular weight is 246 g/mol. The van der Waals surface area contributed by atoms with Crippen LogP contribution < -0.4 is 5.32 Å². The second kappa shape index (κ2) is 5.26. The van der Waals surface area contributed by atoms with Gasteiger partial charge in [0.05, 0.1) is 17.1 Å². The van der Waals surface area contributed by atoms with Crippen LogP contribution in [0.25, 0.3) is 0 Å². The number of anilines is 1. The molecule has 1 aromatic heterocycles. The molecular weight excluding hydrogens is 238 g/mol. The van der Waals surface area contributed by atoms with Gasteiger partial charge in [-0.25, -0.2) is 4.98 Å². The Kier molecular flexibility index (Phi) is 4.01. The molecule has 0 saturated heterocycles. The summed E-state index contributed by atoms with van der Waals surface area (Å²) >= 11 is 5.72. The van der Waals surface area contributed by atoms with Gasteiger partial charge in [0.1, 0.15) is 18.6 Å². The molecule has 1 rings (SSSR count). The number of rotatable bonds is 4. The first kappa shape index (κ1) is 12.2. The van der Waals surface area contributed by atoms with Crippen molar-refractivity contribution in [3.63, 3.8) is 0 Å². The monoisotopic (exact) mass is 245 g/mol. The molecule has 0 spiro atoms. The first-order valence-corrected chi connectivity index (χ1v) is 4.53. The Hall–Kier alpha value is -1.89. The van der Waals surface area contributed by atoms with Crippen LogP contribution in [0.15, 0.2) is 12.3 Å². The zero-order chi connectivity index (χ0) is 12.1. The number of methoxy groups -OCH3 is 1. The minimum atomic E-state index is -0.608. The van der Waals surface area contributed by atoms with Crippen molar-refractivity contribution in [3.8, 4) is 0 Å². The van der Waals surface area contributed by atoms with Gasteiger partial charge in [0.25, 0.3) is 5.69 Å². The van der Waals surface area contributed by atoms with E-state index >= 15 is 0 Å². The molecule has 0 unspecified atom stereocenters. The molecule has 1 heterocycles. The molecule has 1 aromatic rings. The maximum atomic E-state index is 10.8. The summed E-state index contributed by atoms with van der Waals surface area (Å²) in [6.07, 6.45) is 1.05. The van der Waals surface area contributed by atoms with E-state index in [0.29, 0.717) is 0 Å². The fourth-order valence-electron chi connectivity index (χ4n) is 0.886. The number of carbonyl (C=O) groups is 1. The largest absolute Gasteiger partial charge is 0.468 e. The van der Waals surface area contributed by atoms with E-state index in [2.05, 4.69) is 15.0 Å². The van der Waals surface area contributed by atoms with Crippen molar-refractivity contribution in [1.82, 2.24) is 4.98 Å². The van der Waals surface area contributed by atoms with E-state index in [1.165, 1.54) is 7.11 Å². The molecule has 7 nitrogen and oxygen atoms in total. The van der Waals surface area contributed by atoms with E-state index in [1.807, 2.05) is 0 Å². The summed E-state index contributed by atoms with van der Waals surface area (Å²) in [5.74, 6) is -0.297. The number of aromatic nitrogens is 1. The second-order valence-electron chi connectivity index (χ2n) is 2.71. The van der Waals surface area contributed by atoms with Crippen molar-refractivity contribution < 1.29 is 14.5 Å². The highest BCUT2D eigenvalue weighted by molar-refractivity contribution is 6.33. The standard InChI is InChI=1S/C8H8ClN3O4/c1-16-7(13)4-11-8-6(9)2-5(3-10-8)12(14)15/h2-3H,4H2,1H3,(H,10,11). The van der Waals surface area contributed by atoms with Crippen LogP contribution >= 0.6 is 11.6 Å². The van der Waals surface area contributed by atoms with Gasteiger partial charge in [-0.2, -0.15) is 0 Å². The third-order valence-electron chi connectivity index (χ3n) is 1.67. The highest BCUT2D eigenvalue weighted by atomic mass is 35.5. The number of halogens is 1. The number of carbonyl (C=O) groups excluding carboxylic acids is 1. The lowest BCUT2D eigenvalue weighted by Crippen LogP contribution is -2.15. The summed E-state index contributed by atoms with van der Waals surface area (Å²) in [5, 5.41) is 13.0.